The zero-order valence-electron chi connectivity index (χ0n) is 13.4. The summed E-state index contributed by atoms with van der Waals surface area (Å²) in [4.78, 5) is 4.55. The van der Waals surface area contributed by atoms with Gasteiger partial charge in [-0.25, -0.2) is 0 Å². The summed E-state index contributed by atoms with van der Waals surface area (Å²) in [6.45, 7) is 7.11. The number of anilines is 1. The van der Waals surface area contributed by atoms with Crippen LogP contribution in [0, 0.1) is 13.8 Å². The van der Waals surface area contributed by atoms with Crippen molar-refractivity contribution in [3.63, 3.8) is 0 Å². The van der Waals surface area contributed by atoms with E-state index in [4.69, 9.17) is 10.5 Å². The third kappa shape index (κ3) is 3.45. The topological polar surface area (TPSA) is 60.2 Å². The van der Waals surface area contributed by atoms with Crippen LogP contribution in [0.3, 0.4) is 0 Å². The number of hydrogen-bond donors (Lipinski definition) is 2. The van der Waals surface area contributed by atoms with Crippen LogP contribution in [0.4, 0.5) is 5.69 Å². The lowest BCUT2D eigenvalue weighted by molar-refractivity contribution is 0.412. The highest BCUT2D eigenvalue weighted by molar-refractivity contribution is 5.96. The number of benzene rings is 1. The summed E-state index contributed by atoms with van der Waals surface area (Å²) in [6, 6.07) is 4.32. The smallest absolute Gasteiger partial charge is 0.124 e. The molecule has 114 valence electrons. The fourth-order valence-electron chi connectivity index (χ4n) is 2.66. The van der Waals surface area contributed by atoms with Crippen LogP contribution in [0.15, 0.2) is 18.3 Å². The summed E-state index contributed by atoms with van der Waals surface area (Å²) in [5, 5.41) is 4.65. The summed E-state index contributed by atoms with van der Waals surface area (Å²) >= 11 is 0. The fraction of sp³-hybridized carbons (Fsp3) is 0.471. The van der Waals surface area contributed by atoms with Crippen LogP contribution in [-0.4, -0.2) is 24.7 Å². The predicted molar refractivity (Wildman–Crippen MR) is 89.1 cm³/mol. The molecular formula is C17H25N3O. The standard InChI is InChI=1S/C17H25N3O/c1-11-7-9-20-17-14(19-8-5-6-12(2)18)10-15(21-4)13(3)16(11)17/h7,9-10,12,19H,5-6,8,18H2,1-4H3. The highest BCUT2D eigenvalue weighted by atomic mass is 16.5. The van der Waals surface area contributed by atoms with Crippen LogP contribution in [0.25, 0.3) is 10.9 Å². The first kappa shape index (κ1) is 15.6. The molecule has 1 atom stereocenters. The highest BCUT2D eigenvalue weighted by Gasteiger charge is 2.12. The number of rotatable bonds is 6. The van der Waals surface area contributed by atoms with Crippen LogP contribution >= 0.6 is 0 Å². The Kier molecular flexibility index (Phi) is 5.02. The number of methoxy groups -OCH3 is 1. The first-order chi connectivity index (χ1) is 10.0. The van der Waals surface area contributed by atoms with Crippen molar-refractivity contribution in [1.82, 2.24) is 4.98 Å². The van der Waals surface area contributed by atoms with Gasteiger partial charge in [-0.1, -0.05) is 0 Å². The second kappa shape index (κ2) is 6.76. The molecule has 0 aliphatic rings. The molecule has 0 bridgehead atoms. The number of pyridine rings is 1. The number of aryl methyl sites for hydroxylation is 2. The number of fused-ring (bicyclic) bond motifs is 1. The molecule has 3 N–H and O–H groups in total. The molecule has 0 spiro atoms. The lowest BCUT2D eigenvalue weighted by Crippen LogP contribution is -2.16. The summed E-state index contributed by atoms with van der Waals surface area (Å²) in [6.07, 6.45) is 3.91. The molecule has 0 aliphatic heterocycles. The summed E-state index contributed by atoms with van der Waals surface area (Å²) in [7, 11) is 1.71. The summed E-state index contributed by atoms with van der Waals surface area (Å²) in [5.41, 5.74) is 10.2. The van der Waals surface area contributed by atoms with E-state index in [0.717, 1.165) is 41.9 Å². The molecule has 2 rings (SSSR count). The number of nitrogens with two attached hydrogens (primary N) is 1. The van der Waals surface area contributed by atoms with Gasteiger partial charge >= 0.3 is 0 Å². The Bertz CT molecular complexity index is 623. The third-order valence-electron chi connectivity index (χ3n) is 3.81. The van der Waals surface area contributed by atoms with Crippen molar-refractivity contribution in [2.45, 2.75) is 39.7 Å². The number of nitrogens with one attached hydrogen (secondary N) is 1. The van der Waals surface area contributed by atoms with E-state index in [1.807, 2.05) is 25.3 Å². The molecule has 0 saturated heterocycles. The maximum Gasteiger partial charge on any atom is 0.124 e. The van der Waals surface area contributed by atoms with Gasteiger partial charge in [-0.3, -0.25) is 4.98 Å². The third-order valence-corrected chi connectivity index (χ3v) is 3.81. The molecule has 2 aromatic rings. The second-order valence-electron chi connectivity index (χ2n) is 5.65. The average molecular weight is 287 g/mol. The number of aromatic nitrogens is 1. The fourth-order valence-corrected chi connectivity index (χ4v) is 2.66. The Morgan fingerprint density at radius 2 is 2.14 bits per heavy atom. The van der Waals surface area contributed by atoms with Gasteiger partial charge in [-0.15, -0.1) is 0 Å². The van der Waals surface area contributed by atoms with E-state index in [1.165, 1.54) is 10.9 Å². The van der Waals surface area contributed by atoms with E-state index in [0.29, 0.717) is 0 Å². The van der Waals surface area contributed by atoms with Crippen molar-refractivity contribution in [3.8, 4) is 5.75 Å². The lowest BCUT2D eigenvalue weighted by Gasteiger charge is -2.16. The molecule has 0 radical (unpaired) electrons. The maximum absolute atomic E-state index is 5.79. The van der Waals surface area contributed by atoms with E-state index < -0.39 is 0 Å². The molecule has 0 aliphatic carbocycles. The van der Waals surface area contributed by atoms with Crippen LogP contribution in [0.1, 0.15) is 30.9 Å². The molecule has 21 heavy (non-hydrogen) atoms. The average Bonchev–Trinajstić information content (AvgIpc) is 2.45. The van der Waals surface area contributed by atoms with Crippen molar-refractivity contribution in [2.24, 2.45) is 5.73 Å². The zero-order chi connectivity index (χ0) is 15.4. The molecule has 4 nitrogen and oxygen atoms in total. The molecule has 1 unspecified atom stereocenters. The van der Waals surface area contributed by atoms with Crippen LogP contribution in [0.5, 0.6) is 5.75 Å². The van der Waals surface area contributed by atoms with Crippen LogP contribution < -0.4 is 15.8 Å². The SMILES string of the molecule is COc1cc(NCCCC(C)N)c2nccc(C)c2c1C. The Hall–Kier alpha value is -1.81. The van der Waals surface area contributed by atoms with E-state index >= 15 is 0 Å². The minimum Gasteiger partial charge on any atom is -0.496 e. The minimum absolute atomic E-state index is 0.247. The van der Waals surface area contributed by atoms with Crippen LogP contribution in [-0.2, 0) is 0 Å². The van der Waals surface area contributed by atoms with Gasteiger partial charge in [-0.05, 0) is 45.2 Å². The molecular weight excluding hydrogens is 262 g/mol. The first-order valence-corrected chi connectivity index (χ1v) is 7.47. The normalized spacial score (nSPS) is 12.4. The minimum atomic E-state index is 0.247. The Balaban J connectivity index is 2.34. The van der Waals surface area contributed by atoms with E-state index in [2.05, 4.69) is 24.1 Å². The highest BCUT2D eigenvalue weighted by Crippen LogP contribution is 2.34. The van der Waals surface area contributed by atoms with Crippen molar-refractivity contribution in [2.75, 3.05) is 19.0 Å². The van der Waals surface area contributed by atoms with Gasteiger partial charge in [0, 0.05) is 35.8 Å². The van der Waals surface area contributed by atoms with Gasteiger partial charge in [0.05, 0.1) is 18.3 Å². The van der Waals surface area contributed by atoms with E-state index in [9.17, 15) is 0 Å². The van der Waals surface area contributed by atoms with Gasteiger partial charge in [0.2, 0.25) is 0 Å². The van der Waals surface area contributed by atoms with Crippen molar-refractivity contribution < 1.29 is 4.74 Å². The molecule has 0 saturated carbocycles. The monoisotopic (exact) mass is 287 g/mol. The lowest BCUT2D eigenvalue weighted by atomic mass is 10.0. The van der Waals surface area contributed by atoms with E-state index in [1.54, 1.807) is 7.11 Å². The van der Waals surface area contributed by atoms with Crippen LogP contribution in [0.2, 0.25) is 0 Å². The molecule has 1 heterocycles. The Morgan fingerprint density at radius 1 is 1.38 bits per heavy atom. The van der Waals surface area contributed by atoms with Gasteiger partial charge in [0.15, 0.2) is 0 Å². The molecule has 4 heteroatoms. The number of nitrogens with zero attached hydrogens (tertiary/aromatic N) is 1. The van der Waals surface area contributed by atoms with E-state index in [-0.39, 0.29) is 6.04 Å². The largest absolute Gasteiger partial charge is 0.496 e. The molecule has 0 fully saturated rings. The quantitative estimate of drug-likeness (QED) is 0.799. The second-order valence-corrected chi connectivity index (χ2v) is 5.65. The number of ether oxygens (including phenoxy) is 1. The van der Waals surface area contributed by atoms with Crippen molar-refractivity contribution in [3.05, 3.63) is 29.5 Å². The summed E-state index contributed by atoms with van der Waals surface area (Å²) in [5.74, 6) is 0.897. The predicted octanol–water partition coefficient (Wildman–Crippen LogP) is 3.40. The van der Waals surface area contributed by atoms with Crippen molar-refractivity contribution in [1.29, 1.82) is 0 Å². The van der Waals surface area contributed by atoms with Crippen molar-refractivity contribution >= 4 is 16.6 Å². The molecule has 0 amide bonds. The van der Waals surface area contributed by atoms with Gasteiger partial charge < -0.3 is 15.8 Å². The maximum atomic E-state index is 5.79. The molecule has 1 aromatic heterocycles. The first-order valence-electron chi connectivity index (χ1n) is 7.47. The van der Waals surface area contributed by atoms with Gasteiger partial charge in [-0.2, -0.15) is 0 Å². The number of hydrogen-bond acceptors (Lipinski definition) is 4. The Morgan fingerprint density at radius 3 is 2.81 bits per heavy atom. The zero-order valence-corrected chi connectivity index (χ0v) is 13.4. The van der Waals surface area contributed by atoms with Gasteiger partial charge in [0.1, 0.15) is 5.75 Å². The van der Waals surface area contributed by atoms with Gasteiger partial charge in [0.25, 0.3) is 0 Å². The Labute approximate surface area is 126 Å². The summed E-state index contributed by atoms with van der Waals surface area (Å²) < 4.78 is 5.51. The molecule has 1 aromatic carbocycles.